The Labute approximate surface area is 246 Å². The minimum atomic E-state index is -0.325. The molecule has 2 aliphatic rings. The normalized spacial score (nSPS) is 18.5. The molecule has 224 valence electrons. The number of allylic oxidation sites excluding steroid dienone is 1. The van der Waals surface area contributed by atoms with Gasteiger partial charge in [0.05, 0.1) is 12.8 Å². The minimum Gasteiger partial charge on any atom is -0.383 e. The van der Waals surface area contributed by atoms with Gasteiger partial charge in [0.2, 0.25) is 5.96 Å². The Kier molecular flexibility index (Phi) is 9.92. The third-order valence-electron chi connectivity index (χ3n) is 7.05. The number of carbonyl (C=O) groups excluding carboxylic acids is 1. The Morgan fingerprint density at radius 1 is 1.26 bits per heavy atom. The van der Waals surface area contributed by atoms with Crippen molar-refractivity contribution in [2.45, 2.75) is 52.0 Å². The van der Waals surface area contributed by atoms with Gasteiger partial charge in [-0.25, -0.2) is 9.98 Å². The van der Waals surface area contributed by atoms with Crippen LogP contribution in [0.15, 0.2) is 68.1 Å². The number of nitrogens with two attached hydrogens (primary N) is 1. The molecule has 1 aromatic carbocycles. The average molecular weight is 576 g/mol. The number of methoxy groups -OCH3 is 1. The number of carbonyl (C=O) groups is 1. The maximum atomic E-state index is 13.0. The first-order valence-corrected chi connectivity index (χ1v) is 14.0. The van der Waals surface area contributed by atoms with E-state index in [0.29, 0.717) is 40.2 Å². The Morgan fingerprint density at radius 3 is 2.69 bits per heavy atom. The summed E-state index contributed by atoms with van der Waals surface area (Å²) in [4.78, 5) is 28.9. The number of piperidine rings is 1. The lowest BCUT2D eigenvalue weighted by Crippen LogP contribution is -2.45. The van der Waals surface area contributed by atoms with Crippen molar-refractivity contribution in [2.24, 2.45) is 20.7 Å². The molecule has 0 radical (unpaired) electrons. The number of nitrogens with zero attached hydrogens (tertiary/aromatic N) is 5. The molecule has 4 rings (SSSR count). The molecule has 3 heterocycles. The number of aryl methyl sites for hydroxylation is 1. The highest BCUT2D eigenvalue weighted by atomic mass is 16.5. The number of hydrogen-bond acceptors (Lipinski definition) is 11. The molecule has 1 amide bonds. The molecule has 0 saturated carbocycles. The van der Waals surface area contributed by atoms with Crippen molar-refractivity contribution in [3.63, 3.8) is 0 Å². The number of guanidine groups is 1. The summed E-state index contributed by atoms with van der Waals surface area (Å²) in [6.07, 6.45) is 4.98. The van der Waals surface area contributed by atoms with E-state index in [0.717, 1.165) is 44.6 Å². The molecule has 2 aliphatic heterocycles. The van der Waals surface area contributed by atoms with Crippen LogP contribution in [0.3, 0.4) is 0 Å². The van der Waals surface area contributed by atoms with Crippen molar-refractivity contribution in [1.82, 2.24) is 15.4 Å². The summed E-state index contributed by atoms with van der Waals surface area (Å²) in [5.41, 5.74) is 9.18. The fourth-order valence-electron chi connectivity index (χ4n) is 4.52. The number of aromatic nitrogens is 1. The van der Waals surface area contributed by atoms with Crippen molar-refractivity contribution in [2.75, 3.05) is 44.0 Å². The number of benzene rings is 1. The van der Waals surface area contributed by atoms with Crippen LogP contribution in [0.5, 0.6) is 0 Å². The van der Waals surface area contributed by atoms with E-state index >= 15 is 0 Å². The fraction of sp³-hybridized carbons (Fsp3) is 0.433. The van der Waals surface area contributed by atoms with E-state index < -0.39 is 0 Å². The molecule has 1 aromatic heterocycles. The first kappa shape index (κ1) is 30.7. The van der Waals surface area contributed by atoms with Gasteiger partial charge in [0.25, 0.3) is 5.91 Å². The predicted molar refractivity (Wildman–Crippen MR) is 167 cm³/mol. The van der Waals surface area contributed by atoms with Gasteiger partial charge < -0.3 is 35.8 Å². The van der Waals surface area contributed by atoms with Crippen molar-refractivity contribution in [3.8, 4) is 0 Å². The van der Waals surface area contributed by atoms with Crippen LogP contribution in [0.25, 0.3) is 0 Å². The van der Waals surface area contributed by atoms with Gasteiger partial charge in [-0.15, -0.1) is 0 Å². The number of nitrogens with one attached hydrogen (secondary N) is 3. The van der Waals surface area contributed by atoms with Crippen LogP contribution in [-0.2, 0) is 10.2 Å². The monoisotopic (exact) mass is 575 g/mol. The van der Waals surface area contributed by atoms with E-state index in [9.17, 15) is 4.79 Å². The van der Waals surface area contributed by atoms with Gasteiger partial charge in [-0.2, -0.15) is 0 Å². The molecule has 1 saturated heterocycles. The number of amides is 1. The van der Waals surface area contributed by atoms with Gasteiger partial charge in [-0.3, -0.25) is 9.79 Å². The van der Waals surface area contributed by atoms with E-state index in [1.807, 2.05) is 33.8 Å². The van der Waals surface area contributed by atoms with Crippen LogP contribution in [0.4, 0.5) is 11.5 Å². The van der Waals surface area contributed by atoms with Crippen LogP contribution in [0.2, 0.25) is 0 Å². The zero-order valence-electron chi connectivity index (χ0n) is 25.0. The number of aliphatic imine (C=N–C) groups is 3. The highest BCUT2D eigenvalue weighted by molar-refractivity contribution is 6.41. The summed E-state index contributed by atoms with van der Waals surface area (Å²) in [5, 5.41) is 13.4. The lowest BCUT2D eigenvalue weighted by atomic mass is 9.93. The highest BCUT2D eigenvalue weighted by Crippen LogP contribution is 2.25. The largest absolute Gasteiger partial charge is 0.383 e. The number of ether oxygens (including phenoxy) is 1. The molecule has 2 aromatic rings. The molecule has 5 N–H and O–H groups in total. The van der Waals surface area contributed by atoms with E-state index in [1.165, 1.54) is 6.20 Å². The minimum absolute atomic E-state index is 0.223. The van der Waals surface area contributed by atoms with E-state index in [1.54, 1.807) is 31.5 Å². The third kappa shape index (κ3) is 7.92. The van der Waals surface area contributed by atoms with Crippen LogP contribution in [0.1, 0.15) is 55.3 Å². The molecule has 0 bridgehead atoms. The number of likely N-dealkylation sites (tertiary alicyclic amines) is 1. The zero-order valence-corrected chi connectivity index (χ0v) is 25.0. The van der Waals surface area contributed by atoms with Gasteiger partial charge in [0.15, 0.2) is 5.82 Å². The van der Waals surface area contributed by atoms with E-state index in [-0.39, 0.29) is 23.2 Å². The van der Waals surface area contributed by atoms with E-state index in [2.05, 4.69) is 42.6 Å². The Morgan fingerprint density at radius 2 is 2.02 bits per heavy atom. The van der Waals surface area contributed by atoms with Crippen molar-refractivity contribution in [1.29, 1.82) is 0 Å². The third-order valence-corrected chi connectivity index (χ3v) is 7.05. The van der Waals surface area contributed by atoms with Gasteiger partial charge in [-0.05, 0) is 37.5 Å². The predicted octanol–water partition coefficient (Wildman–Crippen LogP) is 3.80. The quantitative estimate of drug-likeness (QED) is 0.352. The van der Waals surface area contributed by atoms with Gasteiger partial charge in [-0.1, -0.05) is 38.6 Å². The van der Waals surface area contributed by atoms with Crippen molar-refractivity contribution >= 4 is 35.3 Å². The summed E-state index contributed by atoms with van der Waals surface area (Å²) in [5.74, 6) is 1.44. The van der Waals surface area contributed by atoms with Crippen LogP contribution in [-0.4, -0.2) is 73.2 Å². The molecule has 42 heavy (non-hydrogen) atoms. The molecule has 0 spiro atoms. The maximum Gasteiger partial charge on any atom is 0.256 e. The first-order chi connectivity index (χ1) is 20.1. The standard InChI is InChI=1S/C30H41N9O3/c1-7-32-23-18-33-29(34-21-10-12-39(13-11-21)14-15-41-6)37-26(23)27(31)35-22-16-20(9-8-19(22)2)28(40)36-25-17-24(42-38-25)30(3,4)5/h7-9,16-18,21,35H,1,10-15,31H2,2-6H3,(H,34,37)(H,36,38,40)/b27-26-,32-23-. The second-order valence-electron chi connectivity index (χ2n) is 11.3. The van der Waals surface area contributed by atoms with E-state index in [4.69, 9.17) is 20.0 Å². The molecular formula is C30H41N9O3. The molecular weight excluding hydrogens is 534 g/mol. The maximum absolute atomic E-state index is 13.0. The average Bonchev–Trinajstić information content (AvgIpc) is 3.44. The second-order valence-corrected chi connectivity index (χ2v) is 11.3. The lowest BCUT2D eigenvalue weighted by Gasteiger charge is -2.32. The smallest absolute Gasteiger partial charge is 0.256 e. The van der Waals surface area contributed by atoms with Crippen molar-refractivity contribution in [3.05, 3.63) is 65.4 Å². The zero-order chi connectivity index (χ0) is 30.3. The van der Waals surface area contributed by atoms with Crippen molar-refractivity contribution < 1.29 is 14.1 Å². The Bertz CT molecular complexity index is 1410. The lowest BCUT2D eigenvalue weighted by molar-refractivity contribution is 0.102. The molecule has 0 atom stereocenters. The van der Waals surface area contributed by atoms with Crippen LogP contribution < -0.4 is 21.7 Å². The summed E-state index contributed by atoms with van der Waals surface area (Å²) in [7, 11) is 1.72. The summed E-state index contributed by atoms with van der Waals surface area (Å²) >= 11 is 0. The Hall–Kier alpha value is -4.29. The number of rotatable bonds is 9. The first-order valence-electron chi connectivity index (χ1n) is 14.0. The molecule has 12 nitrogen and oxygen atoms in total. The molecule has 0 aliphatic carbocycles. The Balaban J connectivity index is 1.49. The van der Waals surface area contributed by atoms with Gasteiger partial charge in [0, 0.05) is 61.7 Å². The fourth-order valence-corrected chi connectivity index (χ4v) is 4.52. The topological polar surface area (TPSA) is 155 Å². The van der Waals surface area contributed by atoms with Gasteiger partial charge in [0.1, 0.15) is 23.0 Å². The summed E-state index contributed by atoms with van der Waals surface area (Å²) in [6.45, 7) is 15.3. The summed E-state index contributed by atoms with van der Waals surface area (Å²) in [6, 6.07) is 7.28. The molecule has 0 unspecified atom stereocenters. The molecule has 12 heteroatoms. The number of hydrogen-bond donors (Lipinski definition) is 4. The second kappa shape index (κ2) is 13.6. The van der Waals surface area contributed by atoms with Crippen LogP contribution >= 0.6 is 0 Å². The van der Waals surface area contributed by atoms with Crippen LogP contribution in [0, 0.1) is 6.92 Å². The highest BCUT2D eigenvalue weighted by Gasteiger charge is 2.23. The molecule has 1 fully saturated rings. The SMILES string of the molecule is C=C/N=C1/C=NC(NC2CCN(CCOC)CC2)=N/C1=C(/N)Nc1cc(C(=O)Nc2cc(C(C)(C)C)on2)ccc1C. The summed E-state index contributed by atoms with van der Waals surface area (Å²) < 4.78 is 10.6. The van der Waals surface area contributed by atoms with Gasteiger partial charge >= 0.3 is 0 Å². The number of anilines is 2.